The van der Waals surface area contributed by atoms with Crippen molar-refractivity contribution < 1.29 is 47.5 Å². The number of esters is 2. The Kier molecular flexibility index (Phi) is 36.6. The fraction of sp³-hybridized carbons (Fsp3) is 0.659. The average Bonchev–Trinajstić information content (AvgIpc) is 3.17. The second-order valence-corrected chi connectivity index (χ2v) is 15.2. The van der Waals surface area contributed by atoms with Gasteiger partial charge in [0, 0.05) is 12.8 Å². The first-order valence-corrected chi connectivity index (χ1v) is 22.5. The number of hydrogen-bond donors (Lipinski definition) is 3. The molecule has 0 aliphatic rings. The summed E-state index contributed by atoms with van der Waals surface area (Å²) < 4.78 is 32.5. The van der Waals surface area contributed by atoms with Crippen LogP contribution in [0.25, 0.3) is 0 Å². The number of nitrogens with two attached hydrogens (primary N) is 1. The molecule has 0 aromatic heterocycles. The summed E-state index contributed by atoms with van der Waals surface area (Å²) in [6, 6.07) is -1.54. The van der Waals surface area contributed by atoms with E-state index in [1.54, 1.807) is 0 Å². The van der Waals surface area contributed by atoms with Gasteiger partial charge in [0.1, 0.15) is 12.6 Å². The first kappa shape index (κ1) is 52.9. The van der Waals surface area contributed by atoms with Gasteiger partial charge in [-0.3, -0.25) is 23.4 Å². The van der Waals surface area contributed by atoms with Gasteiger partial charge >= 0.3 is 25.7 Å². The van der Waals surface area contributed by atoms with Crippen LogP contribution in [-0.2, 0) is 37.5 Å². The normalized spacial score (nSPS) is 14.5. The third-order valence-corrected chi connectivity index (χ3v) is 9.39. The van der Waals surface area contributed by atoms with Crippen LogP contribution >= 0.6 is 7.82 Å². The molecule has 12 heteroatoms. The Bertz CT molecular complexity index is 1230. The molecular formula is C44H74NO10P. The van der Waals surface area contributed by atoms with E-state index in [2.05, 4.69) is 73.1 Å². The van der Waals surface area contributed by atoms with Gasteiger partial charge in [-0.15, -0.1) is 0 Å². The van der Waals surface area contributed by atoms with Crippen LogP contribution in [0.3, 0.4) is 0 Å². The number of carboxylic acids is 1. The molecule has 0 amide bonds. The summed E-state index contributed by atoms with van der Waals surface area (Å²) in [5, 5.41) is 8.87. The fourth-order valence-electron chi connectivity index (χ4n) is 5.10. The van der Waals surface area contributed by atoms with Gasteiger partial charge in [-0.2, -0.15) is 0 Å². The minimum atomic E-state index is -4.74. The number of hydrogen-bond acceptors (Lipinski definition) is 9. The third kappa shape index (κ3) is 37.8. The van der Waals surface area contributed by atoms with Gasteiger partial charge in [-0.25, -0.2) is 4.57 Å². The van der Waals surface area contributed by atoms with Crippen molar-refractivity contribution in [1.29, 1.82) is 0 Å². The van der Waals surface area contributed by atoms with Crippen molar-refractivity contribution in [2.24, 2.45) is 5.73 Å². The molecular weight excluding hydrogens is 733 g/mol. The summed E-state index contributed by atoms with van der Waals surface area (Å²) in [4.78, 5) is 45.8. The summed E-state index contributed by atoms with van der Waals surface area (Å²) in [5.74, 6) is -2.51. The molecule has 0 saturated carbocycles. The Balaban J connectivity index is 4.56. The number of aliphatic carboxylic acids is 1. The van der Waals surface area contributed by atoms with Gasteiger partial charge in [0.25, 0.3) is 0 Å². The zero-order valence-corrected chi connectivity index (χ0v) is 35.3. The molecule has 56 heavy (non-hydrogen) atoms. The smallest absolute Gasteiger partial charge is 0.472 e. The molecule has 1 unspecified atom stereocenters. The highest BCUT2D eigenvalue weighted by molar-refractivity contribution is 7.47. The van der Waals surface area contributed by atoms with E-state index in [0.29, 0.717) is 19.3 Å². The van der Waals surface area contributed by atoms with Crippen molar-refractivity contribution >= 4 is 25.7 Å². The van der Waals surface area contributed by atoms with Crippen LogP contribution in [0.5, 0.6) is 0 Å². The number of unbranched alkanes of at least 4 members (excludes halogenated alkanes) is 12. The number of rotatable bonds is 38. The molecule has 0 aliphatic heterocycles. The summed E-state index contributed by atoms with van der Waals surface area (Å²) in [5.41, 5.74) is 5.32. The molecule has 0 heterocycles. The van der Waals surface area contributed by atoms with Crippen LogP contribution in [0, 0.1) is 0 Å². The molecule has 3 atom stereocenters. The van der Waals surface area contributed by atoms with Crippen LogP contribution < -0.4 is 5.73 Å². The van der Waals surface area contributed by atoms with Gasteiger partial charge in [-0.05, 0) is 77.0 Å². The minimum absolute atomic E-state index is 0.0315. The zero-order valence-electron chi connectivity index (χ0n) is 34.4. The topological polar surface area (TPSA) is 172 Å². The van der Waals surface area contributed by atoms with Crippen molar-refractivity contribution in [3.63, 3.8) is 0 Å². The van der Waals surface area contributed by atoms with Crippen LogP contribution in [0.15, 0.2) is 72.9 Å². The number of carbonyl (C=O) groups excluding carboxylic acids is 2. The van der Waals surface area contributed by atoms with Gasteiger partial charge in [0.2, 0.25) is 0 Å². The molecule has 0 aromatic carbocycles. The first-order chi connectivity index (χ1) is 27.1. The van der Waals surface area contributed by atoms with Crippen LogP contribution in [-0.4, -0.2) is 59.9 Å². The molecule has 0 radical (unpaired) electrons. The second kappa shape index (κ2) is 38.8. The van der Waals surface area contributed by atoms with Crippen LogP contribution in [0.4, 0.5) is 0 Å². The van der Waals surface area contributed by atoms with Crippen molar-refractivity contribution in [2.45, 2.75) is 167 Å². The standard InChI is InChI=1S/C44H74NO10P/c1-3-5-7-9-11-13-15-17-18-19-20-21-22-24-26-28-30-32-34-36-43(47)55-40(38-53-56(50,51)54-39-41(45)44(48)49)37-52-42(46)35-33-31-29-27-25-23-16-14-12-10-8-6-4-2/h11,13,17-18,20-21,23-26,30,32,40-41H,3-10,12,14-16,19,22,27-29,31,33-39,45H2,1-2H3,(H,48,49)(H,50,51)/b13-11+,18-17+,21-20+,25-23+,26-24+,32-30+/t40-,41-/m0/s1. The molecule has 11 nitrogen and oxygen atoms in total. The summed E-state index contributed by atoms with van der Waals surface area (Å²) >= 11 is 0. The lowest BCUT2D eigenvalue weighted by atomic mass is 10.1. The van der Waals surface area contributed by atoms with Crippen molar-refractivity contribution in [3.8, 4) is 0 Å². The summed E-state index contributed by atoms with van der Waals surface area (Å²) in [6.07, 6.45) is 45.6. The summed E-state index contributed by atoms with van der Waals surface area (Å²) in [6.45, 7) is 2.65. The van der Waals surface area contributed by atoms with Crippen LogP contribution in [0.2, 0.25) is 0 Å². The Labute approximate surface area is 338 Å². The largest absolute Gasteiger partial charge is 0.480 e. The maximum atomic E-state index is 12.6. The lowest BCUT2D eigenvalue weighted by Gasteiger charge is -2.20. The maximum Gasteiger partial charge on any atom is 0.472 e. The number of ether oxygens (including phenoxy) is 2. The van der Waals surface area contributed by atoms with E-state index in [1.807, 2.05) is 18.2 Å². The zero-order chi connectivity index (χ0) is 41.4. The first-order valence-electron chi connectivity index (χ1n) is 21.0. The molecule has 0 saturated heterocycles. The second-order valence-electron chi connectivity index (χ2n) is 13.8. The van der Waals surface area contributed by atoms with E-state index in [1.165, 1.54) is 57.8 Å². The van der Waals surface area contributed by atoms with E-state index in [9.17, 15) is 23.8 Å². The molecule has 4 N–H and O–H groups in total. The Morgan fingerprint density at radius 2 is 0.982 bits per heavy atom. The molecule has 0 fully saturated rings. The predicted molar refractivity (Wildman–Crippen MR) is 226 cm³/mol. The molecule has 0 spiro atoms. The molecule has 0 bridgehead atoms. The van der Waals surface area contributed by atoms with Gasteiger partial charge in [0.15, 0.2) is 6.10 Å². The van der Waals surface area contributed by atoms with Crippen molar-refractivity contribution in [1.82, 2.24) is 0 Å². The van der Waals surface area contributed by atoms with Gasteiger partial charge in [0.05, 0.1) is 13.2 Å². The van der Waals surface area contributed by atoms with E-state index in [0.717, 1.165) is 51.4 Å². The lowest BCUT2D eigenvalue weighted by molar-refractivity contribution is -0.161. The van der Waals surface area contributed by atoms with E-state index in [-0.39, 0.29) is 19.4 Å². The summed E-state index contributed by atoms with van der Waals surface area (Å²) in [7, 11) is -4.74. The quantitative estimate of drug-likeness (QED) is 0.0235. The highest BCUT2D eigenvalue weighted by atomic mass is 31.2. The SMILES string of the molecule is CCCCC/C=C/C/C=C/C/C=C/C/C=C/C/C=C/CCC(=O)O[C@@H](COC(=O)CCCCC/C=C/CCCCCCCC)COP(=O)(O)OC[C@H](N)C(=O)O. The van der Waals surface area contributed by atoms with Gasteiger partial charge in [-0.1, -0.05) is 138 Å². The van der Waals surface area contributed by atoms with E-state index >= 15 is 0 Å². The van der Waals surface area contributed by atoms with Crippen LogP contribution in [0.1, 0.15) is 155 Å². The number of phosphoric acid groups is 1. The minimum Gasteiger partial charge on any atom is -0.480 e. The van der Waals surface area contributed by atoms with Crippen molar-refractivity contribution in [2.75, 3.05) is 19.8 Å². The maximum absolute atomic E-state index is 12.6. The van der Waals surface area contributed by atoms with Crippen molar-refractivity contribution in [3.05, 3.63) is 72.9 Å². The fourth-order valence-corrected chi connectivity index (χ4v) is 5.88. The molecule has 0 rings (SSSR count). The molecule has 0 aromatic rings. The molecule has 0 aliphatic carbocycles. The number of allylic oxidation sites excluding steroid dienone is 12. The van der Waals surface area contributed by atoms with E-state index < -0.39 is 51.1 Å². The monoisotopic (exact) mass is 808 g/mol. The molecule has 320 valence electrons. The Morgan fingerprint density at radius 3 is 1.54 bits per heavy atom. The number of carboxylic acid groups (broad SMARTS) is 1. The third-order valence-electron chi connectivity index (χ3n) is 8.44. The van der Waals surface area contributed by atoms with Gasteiger partial charge < -0.3 is 25.2 Å². The predicted octanol–water partition coefficient (Wildman–Crippen LogP) is 10.9. The number of carbonyl (C=O) groups is 3. The highest BCUT2D eigenvalue weighted by Crippen LogP contribution is 2.43. The highest BCUT2D eigenvalue weighted by Gasteiger charge is 2.28. The lowest BCUT2D eigenvalue weighted by Crippen LogP contribution is -2.34. The average molecular weight is 808 g/mol. The van der Waals surface area contributed by atoms with E-state index in [4.69, 9.17) is 24.8 Å². The Morgan fingerprint density at radius 1 is 0.554 bits per heavy atom. The Hall–Kier alpha value is -3.08. The number of phosphoric ester groups is 1.